The van der Waals surface area contributed by atoms with Gasteiger partial charge in [0, 0.05) is 16.4 Å². The molecule has 1 heterocycles. The molecule has 0 spiro atoms. The van der Waals surface area contributed by atoms with Gasteiger partial charge in [-0.15, -0.1) is 0 Å². The Balaban J connectivity index is 2.25. The molecule has 0 radical (unpaired) electrons. The lowest BCUT2D eigenvalue weighted by atomic mass is 10.2. The topological polar surface area (TPSA) is 89.0 Å². The average molecular weight is 312 g/mol. The molecule has 0 unspecified atom stereocenters. The fourth-order valence-electron chi connectivity index (χ4n) is 1.55. The minimum absolute atomic E-state index is 0.0137. The van der Waals surface area contributed by atoms with E-state index in [1.165, 1.54) is 36.7 Å². The molecule has 2 rings (SSSR count). The van der Waals surface area contributed by atoms with Gasteiger partial charge in [0.2, 0.25) is 0 Å². The highest BCUT2D eigenvalue weighted by Crippen LogP contribution is 2.22. The number of hydrogen-bond donors (Lipinski definition) is 1. The molecule has 0 aliphatic rings. The van der Waals surface area contributed by atoms with Crippen molar-refractivity contribution in [3.63, 3.8) is 0 Å². The quantitative estimate of drug-likeness (QED) is 0.875. The van der Waals surface area contributed by atoms with E-state index >= 15 is 0 Å². The predicted octanol–water partition coefficient (Wildman–Crippen LogP) is 1.96. The maximum absolute atomic E-state index is 11.9. The molecule has 0 saturated carbocycles. The van der Waals surface area contributed by atoms with Crippen LogP contribution in [0.4, 0.5) is 5.69 Å². The highest BCUT2D eigenvalue weighted by atomic mass is 35.7. The Bertz CT molecular complexity index is 748. The van der Waals surface area contributed by atoms with Crippen molar-refractivity contribution in [2.75, 3.05) is 5.32 Å². The van der Waals surface area contributed by atoms with E-state index in [-0.39, 0.29) is 10.8 Å². The zero-order chi connectivity index (χ0) is 14.8. The van der Waals surface area contributed by atoms with Crippen molar-refractivity contribution in [2.45, 2.75) is 11.8 Å². The number of nitrogens with one attached hydrogen (secondary N) is 1. The van der Waals surface area contributed by atoms with Gasteiger partial charge >= 0.3 is 0 Å². The van der Waals surface area contributed by atoms with E-state index in [9.17, 15) is 13.2 Å². The van der Waals surface area contributed by atoms with Crippen molar-refractivity contribution in [1.29, 1.82) is 0 Å². The lowest BCUT2D eigenvalue weighted by Gasteiger charge is -2.09. The van der Waals surface area contributed by atoms with Crippen LogP contribution in [-0.2, 0) is 9.05 Å². The number of nitrogens with zero attached hydrogens (tertiary/aromatic N) is 2. The zero-order valence-electron chi connectivity index (χ0n) is 10.4. The summed E-state index contributed by atoms with van der Waals surface area (Å²) < 4.78 is 22.4. The van der Waals surface area contributed by atoms with E-state index in [4.69, 9.17) is 10.7 Å². The SMILES string of the molecule is Cc1cc(S(=O)(=O)Cl)ccc1NC(=O)c1ccnnc1. The van der Waals surface area contributed by atoms with Crippen LogP contribution in [0.3, 0.4) is 0 Å². The monoisotopic (exact) mass is 311 g/mol. The van der Waals surface area contributed by atoms with E-state index in [2.05, 4.69) is 15.5 Å². The Morgan fingerprint density at radius 1 is 1.25 bits per heavy atom. The lowest BCUT2D eigenvalue weighted by Crippen LogP contribution is -2.13. The summed E-state index contributed by atoms with van der Waals surface area (Å²) in [4.78, 5) is 11.9. The predicted molar refractivity (Wildman–Crippen MR) is 74.2 cm³/mol. The number of amides is 1. The third-order valence-corrected chi connectivity index (χ3v) is 3.93. The maximum atomic E-state index is 11.9. The molecule has 20 heavy (non-hydrogen) atoms. The van der Waals surface area contributed by atoms with Crippen molar-refractivity contribution in [3.8, 4) is 0 Å². The standard InChI is InChI=1S/C12H10ClN3O3S/c1-8-6-10(20(13,18)19)2-3-11(8)16-12(17)9-4-5-14-15-7-9/h2-7H,1H3,(H,16,17). The first-order chi connectivity index (χ1) is 9.38. The minimum Gasteiger partial charge on any atom is -0.322 e. The van der Waals surface area contributed by atoms with Gasteiger partial charge in [-0.1, -0.05) is 0 Å². The highest BCUT2D eigenvalue weighted by Gasteiger charge is 2.13. The van der Waals surface area contributed by atoms with Crippen molar-refractivity contribution < 1.29 is 13.2 Å². The second kappa shape index (κ2) is 5.56. The molecule has 0 bridgehead atoms. The Morgan fingerprint density at radius 2 is 2.00 bits per heavy atom. The number of carbonyl (C=O) groups is 1. The molecule has 104 valence electrons. The summed E-state index contributed by atoms with van der Waals surface area (Å²) in [5, 5.41) is 9.85. The molecule has 6 nitrogen and oxygen atoms in total. The molecule has 0 atom stereocenters. The molecular weight excluding hydrogens is 302 g/mol. The number of halogens is 1. The first kappa shape index (κ1) is 14.4. The van der Waals surface area contributed by atoms with Crippen molar-refractivity contribution >= 4 is 31.3 Å². The molecule has 0 saturated heterocycles. The number of aryl methyl sites for hydroxylation is 1. The van der Waals surface area contributed by atoms with Crippen LogP contribution in [0.15, 0.2) is 41.6 Å². The Labute approximate surface area is 120 Å². The van der Waals surface area contributed by atoms with Gasteiger partial charge < -0.3 is 5.32 Å². The van der Waals surface area contributed by atoms with Crippen LogP contribution < -0.4 is 5.32 Å². The number of rotatable bonds is 3. The summed E-state index contributed by atoms with van der Waals surface area (Å²) in [5.41, 5.74) is 1.44. The minimum atomic E-state index is -3.78. The van der Waals surface area contributed by atoms with Crippen LogP contribution in [0.1, 0.15) is 15.9 Å². The second-order valence-corrected chi connectivity index (χ2v) is 6.57. The van der Waals surface area contributed by atoms with Gasteiger partial charge in [-0.05, 0) is 36.8 Å². The van der Waals surface area contributed by atoms with Crippen LogP contribution in [0.2, 0.25) is 0 Å². The Kier molecular flexibility index (Phi) is 4.01. The number of aromatic nitrogens is 2. The molecular formula is C12H10ClN3O3S. The molecule has 1 amide bonds. The van der Waals surface area contributed by atoms with Gasteiger partial charge in [0.25, 0.3) is 15.0 Å². The van der Waals surface area contributed by atoms with Crippen LogP contribution >= 0.6 is 10.7 Å². The molecule has 1 N–H and O–H groups in total. The van der Waals surface area contributed by atoms with Crippen molar-refractivity contribution in [1.82, 2.24) is 10.2 Å². The number of hydrogen-bond acceptors (Lipinski definition) is 5. The van der Waals surface area contributed by atoms with E-state index in [1.807, 2.05) is 0 Å². The van der Waals surface area contributed by atoms with Crippen molar-refractivity contribution in [3.05, 3.63) is 47.8 Å². The molecule has 1 aromatic heterocycles. The molecule has 2 aromatic rings. The summed E-state index contributed by atoms with van der Waals surface area (Å²) in [7, 11) is 1.47. The normalized spacial score (nSPS) is 11.1. The van der Waals surface area contributed by atoms with Crippen LogP contribution in [0, 0.1) is 6.92 Å². The van der Waals surface area contributed by atoms with Gasteiger partial charge in [0.1, 0.15) is 0 Å². The third kappa shape index (κ3) is 3.31. The first-order valence-corrected chi connectivity index (χ1v) is 7.82. The molecule has 0 aliphatic carbocycles. The van der Waals surface area contributed by atoms with Crippen LogP contribution in [0.25, 0.3) is 0 Å². The van der Waals surface area contributed by atoms with Gasteiger partial charge in [-0.3, -0.25) is 4.79 Å². The molecule has 0 aliphatic heterocycles. The van der Waals surface area contributed by atoms with E-state index in [0.29, 0.717) is 16.8 Å². The Morgan fingerprint density at radius 3 is 2.55 bits per heavy atom. The van der Waals surface area contributed by atoms with E-state index in [0.717, 1.165) is 0 Å². The number of anilines is 1. The van der Waals surface area contributed by atoms with Crippen LogP contribution in [-0.4, -0.2) is 24.5 Å². The summed E-state index contributed by atoms with van der Waals surface area (Å²) in [6.07, 6.45) is 2.74. The van der Waals surface area contributed by atoms with Crippen LogP contribution in [0.5, 0.6) is 0 Å². The lowest BCUT2D eigenvalue weighted by molar-refractivity contribution is 0.102. The van der Waals surface area contributed by atoms with Crippen molar-refractivity contribution in [2.24, 2.45) is 0 Å². The summed E-state index contributed by atoms with van der Waals surface area (Å²) >= 11 is 0. The first-order valence-electron chi connectivity index (χ1n) is 5.51. The van der Waals surface area contributed by atoms with Gasteiger partial charge in [-0.2, -0.15) is 10.2 Å². The molecule has 8 heteroatoms. The zero-order valence-corrected chi connectivity index (χ0v) is 11.9. The summed E-state index contributed by atoms with van der Waals surface area (Å²) in [6, 6.07) is 5.73. The average Bonchev–Trinajstić information content (AvgIpc) is 2.41. The smallest absolute Gasteiger partial charge is 0.261 e. The summed E-state index contributed by atoms with van der Waals surface area (Å²) in [6.45, 7) is 1.67. The molecule has 1 aromatic carbocycles. The maximum Gasteiger partial charge on any atom is 0.261 e. The van der Waals surface area contributed by atoms with Gasteiger partial charge in [0.05, 0.1) is 22.9 Å². The fraction of sp³-hybridized carbons (Fsp3) is 0.0833. The number of benzene rings is 1. The van der Waals surface area contributed by atoms with E-state index < -0.39 is 9.05 Å². The summed E-state index contributed by atoms with van der Waals surface area (Å²) in [5.74, 6) is -0.357. The molecule has 0 fully saturated rings. The largest absolute Gasteiger partial charge is 0.322 e. The number of carbonyl (C=O) groups excluding carboxylic acids is 1. The second-order valence-electron chi connectivity index (χ2n) is 4.00. The fourth-order valence-corrected chi connectivity index (χ4v) is 2.38. The van der Waals surface area contributed by atoms with Gasteiger partial charge in [-0.25, -0.2) is 8.42 Å². The highest BCUT2D eigenvalue weighted by molar-refractivity contribution is 8.13. The van der Waals surface area contributed by atoms with Gasteiger partial charge in [0.15, 0.2) is 0 Å². The Hall–Kier alpha value is -1.99. The van der Waals surface area contributed by atoms with E-state index in [1.54, 1.807) is 6.92 Å². The third-order valence-electron chi connectivity index (χ3n) is 2.57.